The van der Waals surface area contributed by atoms with Crippen LogP contribution < -0.4 is 9.62 Å². The van der Waals surface area contributed by atoms with E-state index in [-0.39, 0.29) is 17.3 Å². The fraction of sp³-hybridized carbons (Fsp3) is 0.190. The van der Waals surface area contributed by atoms with Crippen molar-refractivity contribution in [3.63, 3.8) is 0 Å². The van der Waals surface area contributed by atoms with E-state index in [0.717, 1.165) is 26.9 Å². The summed E-state index contributed by atoms with van der Waals surface area (Å²) in [6, 6.07) is 17.3. The number of nitrogens with one attached hydrogen (secondary N) is 1. The maximum Gasteiger partial charge on any atom is 0.243 e. The molecule has 0 heterocycles. The number of sulfonamides is 1. The molecule has 8 heteroatoms. The number of anilines is 1. The van der Waals surface area contributed by atoms with E-state index >= 15 is 0 Å². The second-order valence-electron chi connectivity index (χ2n) is 6.73. The van der Waals surface area contributed by atoms with Crippen LogP contribution in [-0.4, -0.2) is 26.6 Å². The van der Waals surface area contributed by atoms with Crippen LogP contribution in [0, 0.1) is 0 Å². The number of halogens is 2. The van der Waals surface area contributed by atoms with Crippen LogP contribution in [0.2, 0.25) is 10.0 Å². The number of amides is 1. The van der Waals surface area contributed by atoms with E-state index in [2.05, 4.69) is 5.32 Å². The minimum absolute atomic E-state index is 0.162. The summed E-state index contributed by atoms with van der Waals surface area (Å²) in [4.78, 5) is 12.7. The standard InChI is InChI=1S/C21H20Cl2N2O3S/c1-14(25(29(2,27)28)20-12-18(22)9-10-19(20)23)21(26)24-13-15-7-8-16-5-3-4-6-17(16)11-15/h3-12,14H,13H2,1-2H3,(H,24,26)/t14-/m0/s1. The van der Waals surface area contributed by atoms with Crippen LogP contribution in [0.1, 0.15) is 12.5 Å². The molecule has 0 bridgehead atoms. The van der Waals surface area contributed by atoms with Gasteiger partial charge < -0.3 is 5.32 Å². The number of rotatable bonds is 6. The molecule has 0 saturated carbocycles. The molecular formula is C21H20Cl2N2O3S. The van der Waals surface area contributed by atoms with E-state index < -0.39 is 22.0 Å². The fourth-order valence-electron chi connectivity index (χ4n) is 3.12. The monoisotopic (exact) mass is 450 g/mol. The SMILES string of the molecule is C[C@@H](C(=O)NCc1ccc2ccccc2c1)N(c1cc(Cl)ccc1Cl)S(C)(=O)=O. The Morgan fingerprint density at radius 3 is 2.41 bits per heavy atom. The quantitative estimate of drug-likeness (QED) is 0.595. The lowest BCUT2D eigenvalue weighted by Gasteiger charge is -2.29. The molecule has 0 aromatic heterocycles. The highest BCUT2D eigenvalue weighted by Gasteiger charge is 2.30. The molecule has 3 aromatic carbocycles. The summed E-state index contributed by atoms with van der Waals surface area (Å²) in [6.45, 7) is 1.78. The highest BCUT2D eigenvalue weighted by Crippen LogP contribution is 2.32. The Hall–Kier alpha value is -2.28. The molecule has 3 rings (SSSR count). The van der Waals surface area contributed by atoms with Gasteiger partial charge >= 0.3 is 0 Å². The smallest absolute Gasteiger partial charge is 0.243 e. The van der Waals surface area contributed by atoms with Crippen molar-refractivity contribution in [3.8, 4) is 0 Å². The first-order chi connectivity index (χ1) is 13.7. The number of nitrogens with zero attached hydrogens (tertiary/aromatic N) is 1. The zero-order valence-corrected chi connectivity index (χ0v) is 18.2. The van der Waals surface area contributed by atoms with E-state index in [1.165, 1.54) is 19.1 Å². The highest BCUT2D eigenvalue weighted by molar-refractivity contribution is 7.92. The molecule has 0 saturated heterocycles. The minimum Gasteiger partial charge on any atom is -0.350 e. The van der Waals surface area contributed by atoms with Crippen LogP contribution >= 0.6 is 23.2 Å². The highest BCUT2D eigenvalue weighted by atomic mass is 35.5. The Balaban J connectivity index is 1.81. The molecule has 0 aliphatic heterocycles. The van der Waals surface area contributed by atoms with Gasteiger partial charge in [-0.25, -0.2) is 8.42 Å². The largest absolute Gasteiger partial charge is 0.350 e. The summed E-state index contributed by atoms with van der Waals surface area (Å²) in [6.07, 6.45) is 1.03. The lowest BCUT2D eigenvalue weighted by atomic mass is 10.1. The van der Waals surface area contributed by atoms with Crippen molar-refractivity contribution in [3.05, 3.63) is 76.3 Å². The number of hydrogen-bond donors (Lipinski definition) is 1. The molecule has 152 valence electrons. The molecule has 0 spiro atoms. The summed E-state index contributed by atoms with van der Waals surface area (Å²) >= 11 is 12.2. The molecular weight excluding hydrogens is 431 g/mol. The number of hydrogen-bond acceptors (Lipinski definition) is 3. The van der Waals surface area contributed by atoms with E-state index in [0.29, 0.717) is 5.02 Å². The second-order valence-corrected chi connectivity index (χ2v) is 9.43. The van der Waals surface area contributed by atoms with Crippen molar-refractivity contribution in [1.29, 1.82) is 0 Å². The predicted molar refractivity (Wildman–Crippen MR) is 119 cm³/mol. The average Bonchev–Trinajstić information content (AvgIpc) is 2.67. The molecule has 5 nitrogen and oxygen atoms in total. The molecule has 0 aliphatic carbocycles. The normalized spacial score (nSPS) is 12.6. The molecule has 0 fully saturated rings. The second kappa shape index (κ2) is 8.61. The van der Waals surface area contributed by atoms with E-state index in [1.54, 1.807) is 6.07 Å². The van der Waals surface area contributed by atoms with Crippen LogP contribution in [0.25, 0.3) is 10.8 Å². The molecule has 1 amide bonds. The van der Waals surface area contributed by atoms with Crippen LogP contribution in [0.3, 0.4) is 0 Å². The van der Waals surface area contributed by atoms with Crippen LogP contribution in [0.15, 0.2) is 60.7 Å². The van der Waals surface area contributed by atoms with Gasteiger partial charge in [0.05, 0.1) is 17.0 Å². The average molecular weight is 451 g/mol. The zero-order valence-electron chi connectivity index (χ0n) is 15.9. The van der Waals surface area contributed by atoms with Gasteiger partial charge in [-0.3, -0.25) is 9.10 Å². The molecule has 1 N–H and O–H groups in total. The van der Waals surface area contributed by atoms with Gasteiger partial charge in [-0.1, -0.05) is 59.6 Å². The van der Waals surface area contributed by atoms with Crippen molar-refractivity contribution in [2.75, 3.05) is 10.6 Å². The summed E-state index contributed by atoms with van der Waals surface area (Å²) in [5.74, 6) is -0.445. The molecule has 0 radical (unpaired) electrons. The van der Waals surface area contributed by atoms with Crippen molar-refractivity contribution in [2.24, 2.45) is 0 Å². The van der Waals surface area contributed by atoms with Gasteiger partial charge in [0.15, 0.2) is 0 Å². The van der Waals surface area contributed by atoms with Crippen LogP contribution in [0.4, 0.5) is 5.69 Å². The van der Waals surface area contributed by atoms with Gasteiger partial charge in [0, 0.05) is 11.6 Å². The van der Waals surface area contributed by atoms with Gasteiger partial charge in [-0.2, -0.15) is 0 Å². The molecule has 3 aromatic rings. The first-order valence-corrected chi connectivity index (χ1v) is 11.5. The van der Waals surface area contributed by atoms with Gasteiger partial charge in [-0.15, -0.1) is 0 Å². The van der Waals surface area contributed by atoms with Gasteiger partial charge in [0.1, 0.15) is 6.04 Å². The first kappa shape index (κ1) is 21.4. The van der Waals surface area contributed by atoms with E-state index in [4.69, 9.17) is 23.2 Å². The third kappa shape index (κ3) is 5.01. The Bertz CT molecular complexity index is 1170. The molecule has 0 unspecified atom stereocenters. The van der Waals surface area contributed by atoms with Crippen molar-refractivity contribution in [2.45, 2.75) is 19.5 Å². The Kier molecular flexibility index (Phi) is 6.36. The maximum atomic E-state index is 12.7. The van der Waals surface area contributed by atoms with Crippen molar-refractivity contribution < 1.29 is 13.2 Å². The lowest BCUT2D eigenvalue weighted by molar-refractivity contribution is -0.122. The van der Waals surface area contributed by atoms with E-state index in [1.807, 2.05) is 42.5 Å². The number of fused-ring (bicyclic) bond motifs is 1. The summed E-state index contributed by atoms with van der Waals surface area (Å²) < 4.78 is 25.8. The first-order valence-electron chi connectivity index (χ1n) is 8.86. The third-order valence-corrected chi connectivity index (χ3v) is 6.30. The summed E-state index contributed by atoms with van der Waals surface area (Å²) in [7, 11) is -3.78. The Morgan fingerprint density at radius 2 is 1.72 bits per heavy atom. The summed E-state index contributed by atoms with van der Waals surface area (Å²) in [5, 5.41) is 5.48. The topological polar surface area (TPSA) is 66.5 Å². The van der Waals surface area contributed by atoms with E-state index in [9.17, 15) is 13.2 Å². The number of carbonyl (C=O) groups excluding carboxylic acids is 1. The van der Waals surface area contributed by atoms with Gasteiger partial charge in [-0.05, 0) is 47.5 Å². The van der Waals surface area contributed by atoms with Crippen molar-refractivity contribution >= 4 is 55.6 Å². The third-order valence-electron chi connectivity index (χ3n) is 4.51. The van der Waals surface area contributed by atoms with Gasteiger partial charge in [0.25, 0.3) is 0 Å². The summed E-state index contributed by atoms with van der Waals surface area (Å²) in [5.41, 5.74) is 1.07. The molecule has 29 heavy (non-hydrogen) atoms. The number of benzene rings is 3. The maximum absolute atomic E-state index is 12.7. The molecule has 1 atom stereocenters. The van der Waals surface area contributed by atoms with Crippen molar-refractivity contribution in [1.82, 2.24) is 5.32 Å². The molecule has 0 aliphatic rings. The van der Waals surface area contributed by atoms with Crippen LogP contribution in [0.5, 0.6) is 0 Å². The Morgan fingerprint density at radius 1 is 1.03 bits per heavy atom. The Labute approximate surface area is 180 Å². The zero-order chi connectivity index (χ0) is 21.2. The number of carbonyl (C=O) groups is 1. The van der Waals surface area contributed by atoms with Gasteiger partial charge in [0.2, 0.25) is 15.9 Å². The lowest BCUT2D eigenvalue weighted by Crippen LogP contribution is -2.47. The van der Waals surface area contributed by atoms with Crippen LogP contribution in [-0.2, 0) is 21.4 Å². The predicted octanol–water partition coefficient (Wildman–Crippen LogP) is 4.62. The minimum atomic E-state index is -3.78. The fourth-order valence-corrected chi connectivity index (χ4v) is 4.72.